The molecule has 0 aliphatic rings. The van der Waals surface area contributed by atoms with Crippen LogP contribution in [0, 0.1) is 0 Å². The van der Waals surface area contributed by atoms with Crippen LogP contribution in [0.1, 0.15) is 188 Å². The fourth-order valence-corrected chi connectivity index (χ4v) is 3.14. The van der Waals surface area contributed by atoms with Gasteiger partial charge in [-0.15, -0.1) is 0 Å². The highest BCUT2D eigenvalue weighted by molar-refractivity contribution is 4.69. The van der Waals surface area contributed by atoms with Gasteiger partial charge in [-0.25, -0.2) is 43.9 Å². The summed E-state index contributed by atoms with van der Waals surface area (Å²) in [6.07, 6.45) is 3.97. The molecule has 0 N–H and O–H groups in total. The Hall–Kier alpha value is -0.740. The van der Waals surface area contributed by atoms with Crippen LogP contribution in [0.25, 0.3) is 0 Å². The molecule has 1 unspecified atom stereocenters. The smallest absolute Gasteiger partial charge is 0.270 e. The van der Waals surface area contributed by atoms with Crippen molar-refractivity contribution in [2.24, 2.45) is 0 Å². The zero-order chi connectivity index (χ0) is 37.4. The molecule has 0 spiro atoms. The first kappa shape index (κ1) is 64.7. The van der Waals surface area contributed by atoms with Crippen LogP contribution in [-0.2, 0) is 4.74 Å². The minimum absolute atomic E-state index is 0. The number of alkyl halides is 10. The molecule has 0 aromatic carbocycles. The molecular formula is C36H78F10O. The van der Waals surface area contributed by atoms with Crippen molar-refractivity contribution in [3.63, 3.8) is 0 Å². The van der Waals surface area contributed by atoms with Gasteiger partial charge in [0.2, 0.25) is 18.3 Å². The normalized spacial score (nSPS) is 12.3. The topological polar surface area (TPSA) is 9.23 Å². The molecule has 0 aliphatic heterocycles. The monoisotopic (exact) mass is 717 g/mol. The summed E-state index contributed by atoms with van der Waals surface area (Å²) in [6.45, 7) is 19.7. The second kappa shape index (κ2) is 38.1. The van der Waals surface area contributed by atoms with Gasteiger partial charge in [0.15, 0.2) is 0 Å². The van der Waals surface area contributed by atoms with Crippen LogP contribution >= 0.6 is 0 Å². The lowest BCUT2D eigenvalue weighted by molar-refractivity contribution is -0.0700. The average molecular weight is 717 g/mol. The predicted molar refractivity (Wildman–Crippen MR) is 187 cm³/mol. The van der Waals surface area contributed by atoms with Crippen LogP contribution in [0.3, 0.4) is 0 Å². The molecule has 0 rings (SSSR count). The Kier molecular flexibility index (Phi) is 52.4. The van der Waals surface area contributed by atoms with E-state index in [2.05, 4.69) is 4.74 Å². The summed E-state index contributed by atoms with van der Waals surface area (Å²) in [5.74, 6) is -7.48. The van der Waals surface area contributed by atoms with Gasteiger partial charge >= 0.3 is 0 Å². The van der Waals surface area contributed by atoms with E-state index in [1.807, 2.05) is 20.8 Å². The molecule has 11 heteroatoms. The summed E-state index contributed by atoms with van der Waals surface area (Å²) in [5, 5.41) is 0. The van der Waals surface area contributed by atoms with Gasteiger partial charge in [-0.2, -0.15) is 0 Å². The van der Waals surface area contributed by atoms with Crippen molar-refractivity contribution in [2.75, 3.05) is 13.7 Å². The summed E-state index contributed by atoms with van der Waals surface area (Å²) in [5.41, 5.74) is -1.86. The summed E-state index contributed by atoms with van der Waals surface area (Å²) < 4.78 is 124. The zero-order valence-electron chi connectivity index (χ0n) is 30.9. The van der Waals surface area contributed by atoms with Crippen LogP contribution in [0.5, 0.6) is 0 Å². The first-order valence-corrected chi connectivity index (χ1v) is 16.5. The lowest BCUT2D eigenvalue weighted by Crippen LogP contribution is -2.22. The average Bonchev–Trinajstić information content (AvgIpc) is 2.84. The second-order valence-corrected chi connectivity index (χ2v) is 12.0. The van der Waals surface area contributed by atoms with E-state index >= 15 is 0 Å². The Balaban J connectivity index is -0.0000000644. The third kappa shape index (κ3) is 81.4. The summed E-state index contributed by atoms with van der Waals surface area (Å²) in [6, 6.07) is 0. The van der Waals surface area contributed by atoms with E-state index in [1.54, 1.807) is 48.5 Å². The van der Waals surface area contributed by atoms with Crippen molar-refractivity contribution < 1.29 is 48.6 Å². The number of halogens is 10. The van der Waals surface area contributed by atoms with Crippen LogP contribution in [-0.4, -0.2) is 49.2 Å². The maximum Gasteiger partial charge on any atom is 0.270 e. The Morgan fingerprint density at radius 3 is 0.957 bits per heavy atom. The number of ether oxygens (including phenoxy) is 1. The van der Waals surface area contributed by atoms with E-state index in [0.29, 0.717) is 44.9 Å². The minimum Gasteiger partial charge on any atom is -0.378 e. The van der Waals surface area contributed by atoms with Gasteiger partial charge < -0.3 is 4.74 Å². The molecule has 0 aromatic rings. The molecule has 0 saturated heterocycles. The molecule has 0 aliphatic carbocycles. The van der Waals surface area contributed by atoms with Crippen LogP contribution in [0.4, 0.5) is 43.9 Å². The molecule has 1 atom stereocenters. The fourth-order valence-electron chi connectivity index (χ4n) is 3.14. The van der Waals surface area contributed by atoms with Crippen molar-refractivity contribution in [3.05, 3.63) is 0 Å². The Bertz CT molecular complexity index is 517. The van der Waals surface area contributed by atoms with Gasteiger partial charge in [-0.3, -0.25) is 0 Å². The van der Waals surface area contributed by atoms with Crippen molar-refractivity contribution in [2.45, 2.75) is 223 Å². The van der Waals surface area contributed by atoms with E-state index in [0.717, 1.165) is 19.8 Å². The zero-order valence-corrected chi connectivity index (χ0v) is 30.9. The lowest BCUT2D eigenvalue weighted by Gasteiger charge is -2.15. The van der Waals surface area contributed by atoms with Crippen LogP contribution < -0.4 is 0 Å². The minimum atomic E-state index is -2.62. The van der Waals surface area contributed by atoms with Gasteiger partial charge in [-0.05, 0) is 47.0 Å². The van der Waals surface area contributed by atoms with Crippen molar-refractivity contribution >= 4 is 0 Å². The maximum absolute atomic E-state index is 12.8. The molecule has 0 bridgehead atoms. The Morgan fingerprint density at radius 1 is 0.489 bits per heavy atom. The molecule has 0 aromatic heterocycles. The first-order valence-electron chi connectivity index (χ1n) is 16.5. The number of hydrogen-bond donors (Lipinski definition) is 0. The molecule has 0 heterocycles. The molecule has 1 nitrogen and oxygen atoms in total. The standard InChI is InChI=1S/C7H15F.C6H12F2O.C6H12F2.C6H13F.C5H10F2.C4H8F2.2CH4/c1-4-6-7(3,8)5-2;1-3-4-6(7,8)5-9-2;1-3-5-6(7,8)4-2;1-4-5-6(2,3)7;1-3-4-5(2,6)7;1-2-3-4(5)6;;/h4-6H2,1-3H3;3-5H2,1-2H3;3-5H2,1-2H3;4-5H2,1-3H3;3-4H2,1-2H3;4H,2-3H2,1H3;2*1H4. The molecule has 0 radical (unpaired) electrons. The van der Waals surface area contributed by atoms with Crippen molar-refractivity contribution in [1.29, 1.82) is 0 Å². The predicted octanol–water partition coefficient (Wildman–Crippen LogP) is 16.1. The van der Waals surface area contributed by atoms with Crippen LogP contribution in [0.15, 0.2) is 0 Å². The highest BCUT2D eigenvalue weighted by Crippen LogP contribution is 2.23. The highest BCUT2D eigenvalue weighted by atomic mass is 19.3. The van der Waals surface area contributed by atoms with Gasteiger partial charge in [0.1, 0.15) is 17.9 Å². The molecular weight excluding hydrogens is 638 g/mol. The van der Waals surface area contributed by atoms with Crippen molar-refractivity contribution in [1.82, 2.24) is 0 Å². The molecule has 0 fully saturated rings. The third-order valence-corrected chi connectivity index (χ3v) is 5.65. The fraction of sp³-hybridized carbons (Fsp3) is 1.00. The molecule has 298 valence electrons. The lowest BCUT2D eigenvalue weighted by atomic mass is 10.0. The Morgan fingerprint density at radius 2 is 0.851 bits per heavy atom. The van der Waals surface area contributed by atoms with E-state index in [9.17, 15) is 43.9 Å². The number of rotatable bonds is 16. The summed E-state index contributed by atoms with van der Waals surface area (Å²) in [7, 11) is 1.28. The van der Waals surface area contributed by atoms with Gasteiger partial charge in [0, 0.05) is 39.2 Å². The summed E-state index contributed by atoms with van der Waals surface area (Å²) in [4.78, 5) is 0. The largest absolute Gasteiger partial charge is 0.378 e. The van der Waals surface area contributed by atoms with Crippen LogP contribution in [0.2, 0.25) is 0 Å². The molecule has 0 saturated carbocycles. The van der Waals surface area contributed by atoms with E-state index in [1.165, 1.54) is 14.0 Å². The number of hydrogen-bond acceptors (Lipinski definition) is 1. The maximum atomic E-state index is 12.8. The van der Waals surface area contributed by atoms with Gasteiger partial charge in [0.05, 0.1) is 0 Å². The van der Waals surface area contributed by atoms with E-state index in [4.69, 9.17) is 0 Å². The van der Waals surface area contributed by atoms with Gasteiger partial charge in [0.25, 0.3) is 5.92 Å². The number of methoxy groups -OCH3 is 1. The third-order valence-electron chi connectivity index (χ3n) is 5.65. The van der Waals surface area contributed by atoms with E-state index < -0.39 is 42.1 Å². The van der Waals surface area contributed by atoms with E-state index in [-0.39, 0.29) is 47.0 Å². The molecule has 47 heavy (non-hydrogen) atoms. The van der Waals surface area contributed by atoms with Gasteiger partial charge in [-0.1, -0.05) is 109 Å². The highest BCUT2D eigenvalue weighted by Gasteiger charge is 2.26. The Labute approximate surface area is 285 Å². The summed E-state index contributed by atoms with van der Waals surface area (Å²) >= 11 is 0. The first-order chi connectivity index (χ1) is 20.3. The second-order valence-electron chi connectivity index (χ2n) is 12.0. The SMILES string of the molecule is C.C.CCCC(C)(C)F.CCCC(C)(F)CC.CCCC(C)(F)F.CCCC(F)(F)CC.CCCC(F)(F)COC.CCCC(F)F. The van der Waals surface area contributed by atoms with Crippen molar-refractivity contribution in [3.8, 4) is 0 Å². The molecule has 0 amide bonds. The quantitative estimate of drug-likeness (QED) is 0.145.